The van der Waals surface area contributed by atoms with Crippen molar-refractivity contribution >= 4 is 12.4 Å². The predicted octanol–water partition coefficient (Wildman–Crippen LogP) is 2.41. The summed E-state index contributed by atoms with van der Waals surface area (Å²) in [5.74, 6) is 0. The molecule has 0 aliphatic heterocycles. The smallest absolute Gasteiger partial charge is 0.258 e. The number of hydrazine groups is 1. The van der Waals surface area contributed by atoms with Crippen LogP contribution in [0.1, 0.15) is 12.8 Å². The first-order chi connectivity index (χ1) is 6.21. The Kier molecular flexibility index (Phi) is 8.17. The van der Waals surface area contributed by atoms with E-state index >= 15 is 0 Å². The van der Waals surface area contributed by atoms with Gasteiger partial charge >= 0.3 is 12.4 Å². The quantitative estimate of drug-likeness (QED) is 0.451. The lowest BCUT2D eigenvalue weighted by Gasteiger charge is -2.10. The molecule has 0 fully saturated rings. The van der Waals surface area contributed by atoms with Crippen LogP contribution in [0.3, 0.4) is 0 Å². The largest absolute Gasteiger partial charge is 0.390 e. The highest BCUT2D eigenvalue weighted by Crippen LogP contribution is 2.18. The maximum absolute atomic E-state index is 11.5. The summed E-state index contributed by atoms with van der Waals surface area (Å²) in [5.41, 5.74) is 4.09. The summed E-state index contributed by atoms with van der Waals surface area (Å²) in [4.78, 5) is 0. The molecule has 0 saturated heterocycles. The van der Waals surface area contributed by atoms with Crippen molar-refractivity contribution in [2.75, 3.05) is 13.1 Å². The van der Waals surface area contributed by atoms with Gasteiger partial charge in [0.1, 0.15) is 0 Å². The van der Waals surface area contributed by atoms with Crippen LogP contribution in [-0.2, 0) is 0 Å². The van der Waals surface area contributed by atoms with Gasteiger partial charge in [0, 0.05) is 13.1 Å². The Hall–Kier alpha value is -0.210. The Morgan fingerprint density at radius 2 is 0.933 bits per heavy atom. The molecular weight excluding hydrogens is 250 g/mol. The van der Waals surface area contributed by atoms with Gasteiger partial charge in [0.2, 0.25) is 0 Å². The van der Waals surface area contributed by atoms with Gasteiger partial charge < -0.3 is 0 Å². The minimum Gasteiger partial charge on any atom is -0.258 e. The van der Waals surface area contributed by atoms with Crippen LogP contribution in [0.4, 0.5) is 26.3 Å². The highest BCUT2D eigenvalue weighted by molar-refractivity contribution is 5.85. The second-order valence-corrected chi connectivity index (χ2v) is 2.58. The Balaban J connectivity index is 0. The fourth-order valence-corrected chi connectivity index (χ4v) is 0.585. The van der Waals surface area contributed by atoms with E-state index in [1.165, 1.54) is 0 Å². The standard InChI is InChI=1S/C6H10F6N2.ClH/c7-5(8,9)1-3-13-14-4-2-6(10,11)12;/h13-14H,1-4H2;1H. The summed E-state index contributed by atoms with van der Waals surface area (Å²) < 4.78 is 69.0. The zero-order chi connectivity index (χ0) is 11.2. The predicted molar refractivity (Wildman–Crippen MR) is 44.6 cm³/mol. The van der Waals surface area contributed by atoms with Gasteiger partial charge in [0.05, 0.1) is 12.8 Å². The summed E-state index contributed by atoms with van der Waals surface area (Å²) in [7, 11) is 0. The first-order valence-corrected chi connectivity index (χ1v) is 3.80. The lowest BCUT2D eigenvalue weighted by Crippen LogP contribution is -2.36. The third kappa shape index (κ3) is 16.5. The van der Waals surface area contributed by atoms with Gasteiger partial charge in [-0.2, -0.15) is 26.3 Å². The normalized spacial score (nSPS) is 12.4. The Bertz CT molecular complexity index is 139. The second kappa shape index (κ2) is 7.13. The van der Waals surface area contributed by atoms with E-state index < -0.39 is 38.3 Å². The van der Waals surface area contributed by atoms with E-state index in [1.807, 2.05) is 10.9 Å². The molecule has 0 unspecified atom stereocenters. The Morgan fingerprint density at radius 3 is 1.13 bits per heavy atom. The zero-order valence-corrected chi connectivity index (χ0v) is 8.32. The van der Waals surface area contributed by atoms with Gasteiger partial charge in [-0.1, -0.05) is 0 Å². The van der Waals surface area contributed by atoms with Crippen molar-refractivity contribution < 1.29 is 26.3 Å². The van der Waals surface area contributed by atoms with Crippen LogP contribution in [0.25, 0.3) is 0 Å². The van der Waals surface area contributed by atoms with Crippen molar-refractivity contribution in [3.8, 4) is 0 Å². The molecule has 0 rings (SSSR count). The highest BCUT2D eigenvalue weighted by Gasteiger charge is 2.27. The molecule has 2 N–H and O–H groups in total. The topological polar surface area (TPSA) is 24.1 Å². The number of hydrogen-bond acceptors (Lipinski definition) is 2. The van der Waals surface area contributed by atoms with Crippen LogP contribution in [0, 0.1) is 0 Å². The average molecular weight is 261 g/mol. The van der Waals surface area contributed by atoms with E-state index in [4.69, 9.17) is 0 Å². The summed E-state index contributed by atoms with van der Waals surface area (Å²) in [6, 6.07) is 0. The minimum absolute atomic E-state index is 0. The van der Waals surface area contributed by atoms with Crippen molar-refractivity contribution in [3.63, 3.8) is 0 Å². The molecule has 0 aromatic heterocycles. The maximum atomic E-state index is 11.5. The fraction of sp³-hybridized carbons (Fsp3) is 1.00. The maximum Gasteiger partial charge on any atom is 0.390 e. The van der Waals surface area contributed by atoms with Crippen molar-refractivity contribution in [1.29, 1.82) is 0 Å². The molecule has 0 aliphatic carbocycles. The van der Waals surface area contributed by atoms with Crippen LogP contribution in [0.5, 0.6) is 0 Å². The van der Waals surface area contributed by atoms with Gasteiger partial charge in [-0.3, -0.25) is 10.9 Å². The van der Waals surface area contributed by atoms with E-state index in [2.05, 4.69) is 0 Å². The molecular formula is C6H11ClF6N2. The molecule has 0 amide bonds. The molecule has 0 radical (unpaired) electrons. The molecule has 15 heavy (non-hydrogen) atoms. The fourth-order valence-electron chi connectivity index (χ4n) is 0.585. The average Bonchev–Trinajstić information content (AvgIpc) is 1.92. The van der Waals surface area contributed by atoms with E-state index in [0.29, 0.717) is 0 Å². The first kappa shape index (κ1) is 17.2. The van der Waals surface area contributed by atoms with Crippen LogP contribution >= 0.6 is 12.4 Å². The highest BCUT2D eigenvalue weighted by atomic mass is 35.5. The third-order valence-corrected chi connectivity index (χ3v) is 1.19. The Labute approximate surface area is 88.8 Å². The molecule has 0 aromatic rings. The van der Waals surface area contributed by atoms with E-state index in [-0.39, 0.29) is 12.4 Å². The number of rotatable bonds is 5. The molecule has 0 bridgehead atoms. The number of halogens is 7. The molecule has 0 aromatic carbocycles. The van der Waals surface area contributed by atoms with E-state index in [1.54, 1.807) is 0 Å². The summed E-state index contributed by atoms with van der Waals surface area (Å²) in [5, 5.41) is 0. The van der Waals surface area contributed by atoms with Crippen LogP contribution < -0.4 is 10.9 Å². The SMILES string of the molecule is Cl.FC(F)(F)CCNNCCC(F)(F)F. The third-order valence-electron chi connectivity index (χ3n) is 1.19. The van der Waals surface area contributed by atoms with Crippen molar-refractivity contribution in [3.05, 3.63) is 0 Å². The summed E-state index contributed by atoms with van der Waals surface area (Å²) in [6.07, 6.45) is -10.7. The minimum atomic E-state index is -4.29. The monoisotopic (exact) mass is 260 g/mol. The van der Waals surface area contributed by atoms with Gasteiger partial charge in [-0.15, -0.1) is 12.4 Å². The van der Waals surface area contributed by atoms with Crippen molar-refractivity contribution in [2.45, 2.75) is 25.2 Å². The summed E-state index contributed by atoms with van der Waals surface area (Å²) >= 11 is 0. The molecule has 94 valence electrons. The molecule has 9 heteroatoms. The van der Waals surface area contributed by atoms with Gasteiger partial charge in [0.15, 0.2) is 0 Å². The Morgan fingerprint density at radius 1 is 0.667 bits per heavy atom. The van der Waals surface area contributed by atoms with Gasteiger partial charge in [-0.05, 0) is 0 Å². The lowest BCUT2D eigenvalue weighted by atomic mass is 10.4. The molecule has 0 aliphatic rings. The second-order valence-electron chi connectivity index (χ2n) is 2.58. The van der Waals surface area contributed by atoms with E-state index in [0.717, 1.165) is 0 Å². The first-order valence-electron chi connectivity index (χ1n) is 3.80. The van der Waals surface area contributed by atoms with Gasteiger partial charge in [0.25, 0.3) is 0 Å². The van der Waals surface area contributed by atoms with Crippen molar-refractivity contribution in [1.82, 2.24) is 10.9 Å². The van der Waals surface area contributed by atoms with Crippen LogP contribution in [0.2, 0.25) is 0 Å². The molecule has 2 nitrogen and oxygen atoms in total. The zero-order valence-electron chi connectivity index (χ0n) is 7.50. The van der Waals surface area contributed by atoms with Crippen LogP contribution in [-0.4, -0.2) is 25.4 Å². The summed E-state index contributed by atoms with van der Waals surface area (Å²) in [6.45, 7) is -0.886. The van der Waals surface area contributed by atoms with Crippen molar-refractivity contribution in [2.24, 2.45) is 0 Å². The van der Waals surface area contributed by atoms with Crippen LogP contribution in [0.15, 0.2) is 0 Å². The number of nitrogens with one attached hydrogen (secondary N) is 2. The molecule has 0 heterocycles. The molecule has 0 spiro atoms. The number of hydrogen-bond donors (Lipinski definition) is 2. The van der Waals surface area contributed by atoms with E-state index in [9.17, 15) is 26.3 Å². The van der Waals surface area contributed by atoms with Gasteiger partial charge in [-0.25, -0.2) is 0 Å². The lowest BCUT2D eigenvalue weighted by molar-refractivity contribution is -0.137. The molecule has 0 atom stereocenters. The molecule has 0 saturated carbocycles. The number of alkyl halides is 6.